The zero-order valence-electron chi connectivity index (χ0n) is 14.9. The van der Waals surface area contributed by atoms with E-state index in [-0.39, 0.29) is 6.54 Å². The van der Waals surface area contributed by atoms with Crippen molar-refractivity contribution in [2.45, 2.75) is 45.1 Å². The van der Waals surface area contributed by atoms with Crippen LogP contribution in [0.4, 0.5) is 0 Å². The summed E-state index contributed by atoms with van der Waals surface area (Å²) in [7, 11) is 0. The number of hydrogen-bond acceptors (Lipinski definition) is 5. The number of rotatable bonds is 7. The van der Waals surface area contributed by atoms with E-state index in [0.29, 0.717) is 36.1 Å². The van der Waals surface area contributed by atoms with Gasteiger partial charge in [-0.25, -0.2) is 4.98 Å². The number of hydrogen-bond donors (Lipinski definition) is 1. The lowest BCUT2D eigenvalue weighted by Gasteiger charge is -2.45. The minimum atomic E-state index is -1.15. The van der Waals surface area contributed by atoms with Crippen LogP contribution in [0.1, 0.15) is 25.8 Å². The summed E-state index contributed by atoms with van der Waals surface area (Å²) < 4.78 is 13.0. The minimum absolute atomic E-state index is 0.272. The molecule has 0 saturated carbocycles. The van der Waals surface area contributed by atoms with Crippen LogP contribution in [-0.2, 0) is 22.4 Å². The number of benzene rings is 1. The van der Waals surface area contributed by atoms with Crippen LogP contribution in [0.15, 0.2) is 30.9 Å². The predicted octanol–water partition coefficient (Wildman–Crippen LogP) is 3.35. The average Bonchev–Trinajstić information content (AvgIpc) is 3.27. The topological polar surface area (TPSA) is 69.4 Å². The van der Waals surface area contributed by atoms with E-state index in [1.54, 1.807) is 23.1 Å². The molecule has 0 radical (unpaired) electrons. The molecule has 2 aromatic rings. The van der Waals surface area contributed by atoms with Gasteiger partial charge in [-0.15, -0.1) is 0 Å². The molecule has 1 aromatic heterocycles. The third-order valence-corrected chi connectivity index (χ3v) is 5.71. The molecule has 1 unspecified atom stereocenters. The molecular formula is C18H23Cl2N3O3. The largest absolute Gasteiger partial charge is 0.387 e. The van der Waals surface area contributed by atoms with Gasteiger partial charge in [0.2, 0.25) is 0 Å². The molecule has 0 aliphatic carbocycles. The van der Waals surface area contributed by atoms with Crippen LogP contribution in [0.2, 0.25) is 10.0 Å². The smallest absolute Gasteiger partial charge is 0.165 e. The molecule has 26 heavy (non-hydrogen) atoms. The standard InChI is InChI=1S/C18H23Cl2N3O3/c1-17(2,16-25-7-8-26-16)18(24,10-23-12-21-11-22-23)6-5-13-3-4-14(19)9-15(13)20/h3-4,9,11-12,16,24H,5-8,10H2,1-2H3. The van der Waals surface area contributed by atoms with Gasteiger partial charge in [0.05, 0.1) is 25.4 Å². The van der Waals surface area contributed by atoms with E-state index in [9.17, 15) is 5.11 Å². The van der Waals surface area contributed by atoms with Crippen LogP contribution in [0.3, 0.4) is 0 Å². The highest BCUT2D eigenvalue weighted by atomic mass is 35.5. The van der Waals surface area contributed by atoms with Gasteiger partial charge in [-0.1, -0.05) is 43.1 Å². The maximum atomic E-state index is 11.7. The third kappa shape index (κ3) is 4.05. The van der Waals surface area contributed by atoms with Crippen molar-refractivity contribution in [3.63, 3.8) is 0 Å². The fourth-order valence-electron chi connectivity index (χ4n) is 3.25. The first kappa shape index (κ1) is 19.6. The second-order valence-corrected chi connectivity index (χ2v) is 8.00. The number of aryl methyl sites for hydroxylation is 1. The van der Waals surface area contributed by atoms with Gasteiger partial charge in [0.15, 0.2) is 6.29 Å². The van der Waals surface area contributed by atoms with Crippen LogP contribution >= 0.6 is 23.2 Å². The second-order valence-electron chi connectivity index (χ2n) is 7.16. The summed E-state index contributed by atoms with van der Waals surface area (Å²) in [5.41, 5.74) is -0.898. The maximum absolute atomic E-state index is 11.7. The second kappa shape index (κ2) is 7.82. The highest BCUT2D eigenvalue weighted by Crippen LogP contribution is 2.42. The Kier molecular flexibility index (Phi) is 5.89. The molecule has 0 spiro atoms. The Hall–Kier alpha value is -1.18. The summed E-state index contributed by atoms with van der Waals surface area (Å²) in [5, 5.41) is 17.0. The number of aliphatic hydroxyl groups is 1. The van der Waals surface area contributed by atoms with E-state index < -0.39 is 17.3 Å². The van der Waals surface area contributed by atoms with Crippen molar-refractivity contribution in [2.75, 3.05) is 13.2 Å². The lowest BCUT2D eigenvalue weighted by atomic mass is 9.71. The molecule has 8 heteroatoms. The summed E-state index contributed by atoms with van der Waals surface area (Å²) in [5.74, 6) is 0. The van der Waals surface area contributed by atoms with Crippen molar-refractivity contribution in [1.29, 1.82) is 0 Å². The molecule has 1 atom stereocenters. The van der Waals surface area contributed by atoms with E-state index in [1.807, 2.05) is 19.9 Å². The average molecular weight is 400 g/mol. The van der Waals surface area contributed by atoms with Crippen molar-refractivity contribution in [1.82, 2.24) is 14.8 Å². The summed E-state index contributed by atoms with van der Waals surface area (Å²) >= 11 is 12.3. The number of ether oxygens (including phenoxy) is 2. The molecule has 1 N–H and O–H groups in total. The van der Waals surface area contributed by atoms with Crippen molar-refractivity contribution >= 4 is 23.2 Å². The van der Waals surface area contributed by atoms with Gasteiger partial charge < -0.3 is 14.6 Å². The quantitative estimate of drug-likeness (QED) is 0.772. The number of nitrogens with zero attached hydrogens (tertiary/aromatic N) is 3. The first-order valence-electron chi connectivity index (χ1n) is 8.54. The van der Waals surface area contributed by atoms with Crippen LogP contribution in [-0.4, -0.2) is 45.0 Å². The van der Waals surface area contributed by atoms with Crippen molar-refractivity contribution in [2.24, 2.45) is 5.41 Å². The van der Waals surface area contributed by atoms with Crippen LogP contribution in [0.5, 0.6) is 0 Å². The third-order valence-electron chi connectivity index (χ3n) is 5.12. The van der Waals surface area contributed by atoms with Gasteiger partial charge in [-0.05, 0) is 30.5 Å². The van der Waals surface area contributed by atoms with Gasteiger partial charge in [0, 0.05) is 15.5 Å². The van der Waals surface area contributed by atoms with Gasteiger partial charge in [-0.3, -0.25) is 4.68 Å². The fourth-order valence-corrected chi connectivity index (χ4v) is 3.75. The lowest BCUT2D eigenvalue weighted by molar-refractivity contribution is -0.208. The Labute approximate surface area is 163 Å². The lowest BCUT2D eigenvalue weighted by Crippen LogP contribution is -2.54. The molecule has 1 saturated heterocycles. The van der Waals surface area contributed by atoms with Crippen molar-refractivity contribution in [3.05, 3.63) is 46.5 Å². The number of halogens is 2. The van der Waals surface area contributed by atoms with E-state index in [4.69, 9.17) is 32.7 Å². The predicted molar refractivity (Wildman–Crippen MR) is 99.2 cm³/mol. The Morgan fingerprint density at radius 2 is 2.00 bits per heavy atom. The van der Waals surface area contributed by atoms with Crippen molar-refractivity contribution in [3.8, 4) is 0 Å². The van der Waals surface area contributed by atoms with Crippen LogP contribution in [0.25, 0.3) is 0 Å². The summed E-state index contributed by atoms with van der Waals surface area (Å²) in [4.78, 5) is 3.97. The summed E-state index contributed by atoms with van der Waals surface area (Å²) in [6, 6.07) is 5.40. The number of aromatic nitrogens is 3. The zero-order chi connectivity index (χ0) is 18.8. The van der Waals surface area contributed by atoms with Gasteiger partial charge in [0.1, 0.15) is 12.7 Å². The molecule has 1 aromatic carbocycles. The highest BCUT2D eigenvalue weighted by molar-refractivity contribution is 6.35. The normalized spacial score (nSPS) is 18.2. The molecule has 0 bridgehead atoms. The molecule has 3 rings (SSSR count). The van der Waals surface area contributed by atoms with E-state index in [1.165, 1.54) is 6.33 Å². The molecule has 1 aliphatic heterocycles. The maximum Gasteiger partial charge on any atom is 0.165 e. The molecule has 1 fully saturated rings. The highest BCUT2D eigenvalue weighted by Gasteiger charge is 2.51. The fraction of sp³-hybridized carbons (Fsp3) is 0.556. The molecular weight excluding hydrogens is 377 g/mol. The summed E-state index contributed by atoms with van der Waals surface area (Å²) in [6.07, 6.45) is 3.58. The molecule has 2 heterocycles. The van der Waals surface area contributed by atoms with Crippen LogP contribution in [0, 0.1) is 5.41 Å². The SMILES string of the molecule is CC(C)(C1OCCO1)C(O)(CCc1ccc(Cl)cc1Cl)Cn1cncn1. The van der Waals surface area contributed by atoms with E-state index in [2.05, 4.69) is 10.1 Å². The first-order chi connectivity index (χ1) is 12.3. The Bertz CT molecular complexity index is 733. The van der Waals surface area contributed by atoms with E-state index >= 15 is 0 Å². The summed E-state index contributed by atoms with van der Waals surface area (Å²) in [6.45, 7) is 5.22. The van der Waals surface area contributed by atoms with Gasteiger partial charge in [0.25, 0.3) is 0 Å². The van der Waals surface area contributed by atoms with Crippen molar-refractivity contribution < 1.29 is 14.6 Å². The van der Waals surface area contributed by atoms with Crippen LogP contribution < -0.4 is 0 Å². The molecule has 142 valence electrons. The molecule has 6 nitrogen and oxygen atoms in total. The monoisotopic (exact) mass is 399 g/mol. The zero-order valence-corrected chi connectivity index (χ0v) is 16.4. The minimum Gasteiger partial charge on any atom is -0.387 e. The van der Waals surface area contributed by atoms with Gasteiger partial charge >= 0.3 is 0 Å². The first-order valence-corrected chi connectivity index (χ1v) is 9.29. The Morgan fingerprint density at radius 1 is 1.27 bits per heavy atom. The molecule has 0 amide bonds. The molecule has 1 aliphatic rings. The van der Waals surface area contributed by atoms with Gasteiger partial charge in [-0.2, -0.15) is 5.10 Å². The Morgan fingerprint density at radius 3 is 2.62 bits per heavy atom. The Balaban J connectivity index is 1.84. The van der Waals surface area contributed by atoms with E-state index in [0.717, 1.165) is 5.56 Å².